The number of piperazine rings is 1. The first-order valence-electron chi connectivity index (χ1n) is 10.1. The van der Waals surface area contributed by atoms with Gasteiger partial charge in [-0.05, 0) is 44.2 Å². The summed E-state index contributed by atoms with van der Waals surface area (Å²) in [6, 6.07) is 12.2. The maximum atomic E-state index is 12.9. The number of hydrogen-bond donors (Lipinski definition) is 2. The van der Waals surface area contributed by atoms with Crippen molar-refractivity contribution in [2.24, 2.45) is 0 Å². The molecule has 1 fully saturated rings. The molecule has 1 aliphatic rings. The maximum absolute atomic E-state index is 12.9. The fourth-order valence-corrected chi connectivity index (χ4v) is 3.67. The van der Waals surface area contributed by atoms with Gasteiger partial charge in [0.2, 0.25) is 0 Å². The Balaban J connectivity index is 1.59. The predicted molar refractivity (Wildman–Crippen MR) is 110 cm³/mol. The lowest BCUT2D eigenvalue weighted by Gasteiger charge is -2.36. The summed E-state index contributed by atoms with van der Waals surface area (Å²) in [5.41, 5.74) is 0.423. The van der Waals surface area contributed by atoms with Crippen LogP contribution in [0.4, 0.5) is 24.5 Å². The van der Waals surface area contributed by atoms with E-state index in [1.807, 2.05) is 38.1 Å². The van der Waals surface area contributed by atoms with Gasteiger partial charge < -0.3 is 19.9 Å². The number of ether oxygens (including phenoxy) is 1. The van der Waals surface area contributed by atoms with Gasteiger partial charge >= 0.3 is 6.18 Å². The van der Waals surface area contributed by atoms with E-state index in [9.17, 15) is 18.0 Å². The van der Waals surface area contributed by atoms with Gasteiger partial charge in [-0.15, -0.1) is 0 Å². The third-order valence-corrected chi connectivity index (χ3v) is 5.37. The number of nitrogens with zero attached hydrogens (tertiary/aromatic N) is 1. The number of anilines is 2. The van der Waals surface area contributed by atoms with E-state index >= 15 is 0 Å². The van der Waals surface area contributed by atoms with E-state index in [2.05, 4.69) is 10.2 Å². The number of hydrogen-bond acceptors (Lipinski definition) is 3. The second kappa shape index (κ2) is 9.38. The number of carbonyl (C=O) groups is 1. The molecule has 1 amide bonds. The number of para-hydroxylation sites is 2. The van der Waals surface area contributed by atoms with Gasteiger partial charge in [0.1, 0.15) is 5.75 Å². The molecule has 5 nitrogen and oxygen atoms in total. The highest BCUT2D eigenvalue weighted by Gasteiger charge is 2.32. The highest BCUT2D eigenvalue weighted by Crippen LogP contribution is 2.30. The van der Waals surface area contributed by atoms with Crippen molar-refractivity contribution in [1.29, 1.82) is 0 Å². The van der Waals surface area contributed by atoms with Crippen molar-refractivity contribution in [2.45, 2.75) is 26.1 Å². The van der Waals surface area contributed by atoms with Gasteiger partial charge in [0.05, 0.1) is 44.0 Å². The standard InChI is InChI=1S/C22H26F3N3O2/c1-3-30-20-10-5-4-9-19(20)28-13-11-27(12-14-28)16(2)21(29)26-18-8-6-7-17(15-18)22(23,24)25/h4-10,15-16H,3,11-14H2,1-2H3,(H,26,29)/p+1/t16-/m0/s1. The Hall–Kier alpha value is -2.74. The maximum Gasteiger partial charge on any atom is 0.416 e. The van der Waals surface area contributed by atoms with E-state index in [0.717, 1.165) is 54.6 Å². The highest BCUT2D eigenvalue weighted by atomic mass is 19.4. The van der Waals surface area contributed by atoms with Gasteiger partial charge in [0, 0.05) is 5.69 Å². The first kappa shape index (κ1) is 22.0. The Bertz CT molecular complexity index is 865. The van der Waals surface area contributed by atoms with Crippen LogP contribution in [0, 0.1) is 0 Å². The van der Waals surface area contributed by atoms with Crippen LogP contribution in [0.25, 0.3) is 0 Å². The normalized spacial score (nSPS) is 16.2. The lowest BCUT2D eigenvalue weighted by molar-refractivity contribution is -0.914. The molecule has 1 saturated heterocycles. The first-order chi connectivity index (χ1) is 14.3. The van der Waals surface area contributed by atoms with Gasteiger partial charge in [-0.1, -0.05) is 18.2 Å². The van der Waals surface area contributed by atoms with Crippen LogP contribution in [0.5, 0.6) is 5.75 Å². The van der Waals surface area contributed by atoms with Crippen LogP contribution >= 0.6 is 0 Å². The van der Waals surface area contributed by atoms with Crippen molar-refractivity contribution in [2.75, 3.05) is 43.0 Å². The summed E-state index contributed by atoms with van der Waals surface area (Å²) in [4.78, 5) is 16.0. The summed E-state index contributed by atoms with van der Waals surface area (Å²) < 4.78 is 44.3. The fraction of sp³-hybridized carbons (Fsp3) is 0.409. The number of rotatable bonds is 6. The minimum atomic E-state index is -4.44. The van der Waals surface area contributed by atoms with Gasteiger partial charge in [-0.25, -0.2) is 0 Å². The van der Waals surface area contributed by atoms with Crippen LogP contribution in [0.3, 0.4) is 0 Å². The zero-order chi connectivity index (χ0) is 21.7. The average molecular weight is 422 g/mol. The topological polar surface area (TPSA) is 46.0 Å². The number of nitrogens with one attached hydrogen (secondary N) is 2. The Labute approximate surface area is 174 Å². The number of carbonyl (C=O) groups excluding carboxylic acids is 1. The molecule has 1 atom stereocenters. The Morgan fingerprint density at radius 2 is 1.87 bits per heavy atom. The summed E-state index contributed by atoms with van der Waals surface area (Å²) in [6.07, 6.45) is -4.44. The molecule has 0 radical (unpaired) electrons. The van der Waals surface area contributed by atoms with E-state index < -0.39 is 11.7 Å². The number of quaternary nitrogens is 1. The number of benzene rings is 2. The van der Waals surface area contributed by atoms with Crippen molar-refractivity contribution >= 4 is 17.3 Å². The molecule has 0 aromatic heterocycles. The van der Waals surface area contributed by atoms with Crippen LogP contribution in [-0.4, -0.2) is 44.7 Å². The van der Waals surface area contributed by atoms with Crippen LogP contribution in [0.15, 0.2) is 48.5 Å². The zero-order valence-corrected chi connectivity index (χ0v) is 17.1. The predicted octanol–water partition coefficient (Wildman–Crippen LogP) is 2.84. The summed E-state index contributed by atoms with van der Waals surface area (Å²) in [5.74, 6) is 0.561. The van der Waals surface area contributed by atoms with Gasteiger partial charge in [-0.3, -0.25) is 4.79 Å². The van der Waals surface area contributed by atoms with Crippen LogP contribution < -0.4 is 19.9 Å². The molecule has 1 aliphatic heterocycles. The second-order valence-electron chi connectivity index (χ2n) is 7.34. The molecule has 2 aromatic carbocycles. The number of amides is 1. The van der Waals surface area contributed by atoms with E-state index in [4.69, 9.17) is 4.74 Å². The average Bonchev–Trinajstić information content (AvgIpc) is 2.73. The van der Waals surface area contributed by atoms with E-state index in [1.165, 1.54) is 12.1 Å². The Morgan fingerprint density at radius 1 is 1.17 bits per heavy atom. The lowest BCUT2D eigenvalue weighted by Crippen LogP contribution is -3.19. The van der Waals surface area contributed by atoms with Crippen molar-refractivity contribution < 1.29 is 27.6 Å². The third-order valence-electron chi connectivity index (χ3n) is 5.37. The number of alkyl halides is 3. The van der Waals surface area contributed by atoms with Crippen molar-refractivity contribution in [3.63, 3.8) is 0 Å². The molecule has 0 bridgehead atoms. The Morgan fingerprint density at radius 3 is 2.53 bits per heavy atom. The molecule has 3 rings (SSSR count). The molecule has 0 spiro atoms. The van der Waals surface area contributed by atoms with Gasteiger partial charge in [0.25, 0.3) is 5.91 Å². The van der Waals surface area contributed by atoms with Crippen LogP contribution in [0.1, 0.15) is 19.4 Å². The third kappa shape index (κ3) is 5.24. The second-order valence-corrected chi connectivity index (χ2v) is 7.34. The largest absolute Gasteiger partial charge is 0.492 e. The highest BCUT2D eigenvalue weighted by molar-refractivity contribution is 5.93. The summed E-state index contributed by atoms with van der Waals surface area (Å²) in [7, 11) is 0. The minimum Gasteiger partial charge on any atom is -0.492 e. The molecular formula is C22H27F3N3O2+. The summed E-state index contributed by atoms with van der Waals surface area (Å²) in [6.45, 7) is 7.37. The van der Waals surface area contributed by atoms with E-state index in [0.29, 0.717) is 6.61 Å². The first-order valence-corrected chi connectivity index (χ1v) is 10.1. The molecule has 0 unspecified atom stereocenters. The van der Waals surface area contributed by atoms with Gasteiger partial charge in [0.15, 0.2) is 6.04 Å². The molecule has 0 aliphatic carbocycles. The number of halogens is 3. The summed E-state index contributed by atoms with van der Waals surface area (Å²) in [5, 5.41) is 2.63. The molecule has 8 heteroatoms. The van der Waals surface area contributed by atoms with Crippen molar-refractivity contribution in [1.82, 2.24) is 0 Å². The minimum absolute atomic E-state index is 0.158. The molecule has 30 heavy (non-hydrogen) atoms. The van der Waals surface area contributed by atoms with E-state index in [-0.39, 0.29) is 17.6 Å². The Kier molecular flexibility index (Phi) is 6.87. The SMILES string of the molecule is CCOc1ccccc1N1CC[NH+]([C@@H](C)C(=O)Nc2cccc(C(F)(F)F)c2)CC1. The molecular weight excluding hydrogens is 395 g/mol. The molecule has 0 saturated carbocycles. The fourth-order valence-electron chi connectivity index (χ4n) is 3.67. The van der Waals surface area contributed by atoms with Crippen molar-refractivity contribution in [3.05, 3.63) is 54.1 Å². The smallest absolute Gasteiger partial charge is 0.416 e. The summed E-state index contributed by atoms with van der Waals surface area (Å²) >= 11 is 0. The van der Waals surface area contributed by atoms with E-state index in [1.54, 1.807) is 0 Å². The van der Waals surface area contributed by atoms with Crippen LogP contribution in [-0.2, 0) is 11.0 Å². The lowest BCUT2D eigenvalue weighted by atomic mass is 10.1. The molecule has 2 aromatic rings. The molecule has 1 heterocycles. The quantitative estimate of drug-likeness (QED) is 0.753. The zero-order valence-electron chi connectivity index (χ0n) is 17.1. The van der Waals surface area contributed by atoms with Crippen molar-refractivity contribution in [3.8, 4) is 5.75 Å². The monoisotopic (exact) mass is 422 g/mol. The van der Waals surface area contributed by atoms with Gasteiger partial charge in [-0.2, -0.15) is 13.2 Å². The molecule has 2 N–H and O–H groups in total. The molecule has 162 valence electrons. The van der Waals surface area contributed by atoms with Crippen LogP contribution in [0.2, 0.25) is 0 Å².